The second kappa shape index (κ2) is 5.95. The second-order valence-corrected chi connectivity index (χ2v) is 4.26. The van der Waals surface area contributed by atoms with Crippen LogP contribution in [0.25, 0.3) is 0 Å². The molecule has 1 aromatic rings. The topological polar surface area (TPSA) is 50.3 Å². The van der Waals surface area contributed by atoms with Gasteiger partial charge in [0.2, 0.25) is 5.95 Å². The fourth-order valence-corrected chi connectivity index (χ4v) is 2.17. The third kappa shape index (κ3) is 2.87. The molecule has 0 aliphatic carbocycles. The Morgan fingerprint density at radius 2 is 2.22 bits per heavy atom. The summed E-state index contributed by atoms with van der Waals surface area (Å²) < 4.78 is 19.3. The number of aromatic nitrogens is 2. The van der Waals surface area contributed by atoms with Crippen molar-refractivity contribution in [2.24, 2.45) is 0 Å². The van der Waals surface area contributed by atoms with Gasteiger partial charge < -0.3 is 15.0 Å². The van der Waals surface area contributed by atoms with Gasteiger partial charge >= 0.3 is 0 Å². The van der Waals surface area contributed by atoms with Crippen LogP contribution in [0.2, 0.25) is 0 Å². The lowest BCUT2D eigenvalue weighted by Gasteiger charge is -2.32. The molecule has 1 aliphatic rings. The normalized spacial score (nSPS) is 16.9. The van der Waals surface area contributed by atoms with Gasteiger partial charge in [-0.2, -0.15) is 4.98 Å². The molecule has 0 amide bonds. The molecule has 6 heteroatoms. The average Bonchev–Trinajstić information content (AvgIpc) is 2.41. The molecule has 1 saturated heterocycles. The van der Waals surface area contributed by atoms with Crippen molar-refractivity contribution in [3.63, 3.8) is 0 Å². The van der Waals surface area contributed by atoms with E-state index in [-0.39, 0.29) is 5.82 Å². The molecule has 2 heterocycles. The van der Waals surface area contributed by atoms with E-state index in [2.05, 4.69) is 15.3 Å². The number of anilines is 2. The van der Waals surface area contributed by atoms with E-state index in [0.29, 0.717) is 17.9 Å². The van der Waals surface area contributed by atoms with E-state index < -0.39 is 0 Å². The lowest BCUT2D eigenvalue weighted by molar-refractivity contribution is 0.0457. The van der Waals surface area contributed by atoms with Crippen molar-refractivity contribution in [3.05, 3.63) is 12.0 Å². The average molecular weight is 254 g/mol. The third-order valence-electron chi connectivity index (χ3n) is 3.09. The second-order valence-electron chi connectivity index (χ2n) is 4.26. The summed E-state index contributed by atoms with van der Waals surface area (Å²) in [5.41, 5.74) is 0. The minimum absolute atomic E-state index is 0.292. The van der Waals surface area contributed by atoms with Crippen molar-refractivity contribution in [3.8, 4) is 0 Å². The molecular formula is C12H19FN4O. The van der Waals surface area contributed by atoms with Crippen LogP contribution in [0.5, 0.6) is 0 Å². The van der Waals surface area contributed by atoms with E-state index in [1.165, 1.54) is 6.20 Å². The van der Waals surface area contributed by atoms with Gasteiger partial charge in [0.05, 0.1) is 12.3 Å². The largest absolute Gasteiger partial charge is 0.378 e. The Morgan fingerprint density at radius 1 is 1.50 bits per heavy atom. The quantitative estimate of drug-likeness (QED) is 0.885. The zero-order valence-corrected chi connectivity index (χ0v) is 10.8. The number of rotatable bonds is 4. The number of halogens is 1. The van der Waals surface area contributed by atoms with Crippen molar-refractivity contribution >= 4 is 11.8 Å². The summed E-state index contributed by atoms with van der Waals surface area (Å²) >= 11 is 0. The number of hydrogen-bond acceptors (Lipinski definition) is 5. The molecule has 100 valence electrons. The van der Waals surface area contributed by atoms with Crippen molar-refractivity contribution < 1.29 is 9.13 Å². The van der Waals surface area contributed by atoms with Crippen molar-refractivity contribution in [1.82, 2.24) is 9.97 Å². The Hall–Kier alpha value is -1.43. The number of piperidine rings is 1. The Labute approximate surface area is 106 Å². The zero-order valence-electron chi connectivity index (χ0n) is 10.8. The van der Waals surface area contributed by atoms with Crippen LogP contribution in [-0.4, -0.2) is 42.8 Å². The highest BCUT2D eigenvalue weighted by molar-refractivity contribution is 5.44. The highest BCUT2D eigenvalue weighted by atomic mass is 19.1. The summed E-state index contributed by atoms with van der Waals surface area (Å²) in [5.74, 6) is 0.450. The highest BCUT2D eigenvalue weighted by Gasteiger charge is 2.22. The fraction of sp³-hybridized carbons (Fsp3) is 0.667. The molecule has 0 radical (unpaired) electrons. The van der Waals surface area contributed by atoms with Gasteiger partial charge in [0.1, 0.15) is 0 Å². The number of hydrogen-bond donors (Lipinski definition) is 1. The van der Waals surface area contributed by atoms with Crippen LogP contribution in [-0.2, 0) is 4.74 Å². The first-order chi connectivity index (χ1) is 8.74. The van der Waals surface area contributed by atoms with Gasteiger partial charge in [0, 0.05) is 26.7 Å². The third-order valence-corrected chi connectivity index (χ3v) is 3.09. The monoisotopic (exact) mass is 254 g/mol. The van der Waals surface area contributed by atoms with E-state index in [4.69, 9.17) is 4.74 Å². The summed E-state index contributed by atoms with van der Waals surface area (Å²) in [5, 5.41) is 2.82. The fourth-order valence-electron chi connectivity index (χ4n) is 2.17. The lowest BCUT2D eigenvalue weighted by Crippen LogP contribution is -2.38. The maximum Gasteiger partial charge on any atom is 0.224 e. The van der Waals surface area contributed by atoms with E-state index in [1.807, 2.05) is 11.8 Å². The molecule has 0 unspecified atom stereocenters. The Bertz CT molecular complexity index is 394. The van der Waals surface area contributed by atoms with Crippen LogP contribution in [0.3, 0.4) is 0 Å². The predicted octanol–water partition coefficient (Wildman–Crippen LogP) is 1.66. The Morgan fingerprint density at radius 3 is 2.83 bits per heavy atom. The van der Waals surface area contributed by atoms with Crippen LogP contribution < -0.4 is 10.2 Å². The van der Waals surface area contributed by atoms with Gasteiger partial charge in [-0.3, -0.25) is 0 Å². The van der Waals surface area contributed by atoms with Crippen LogP contribution in [0, 0.1) is 5.82 Å². The van der Waals surface area contributed by atoms with Gasteiger partial charge in [0.15, 0.2) is 11.6 Å². The van der Waals surface area contributed by atoms with Gasteiger partial charge in [-0.05, 0) is 19.8 Å². The maximum absolute atomic E-state index is 13.7. The molecule has 1 fully saturated rings. The molecule has 1 aromatic heterocycles. The predicted molar refractivity (Wildman–Crippen MR) is 68.4 cm³/mol. The van der Waals surface area contributed by atoms with Gasteiger partial charge in [0.25, 0.3) is 0 Å². The van der Waals surface area contributed by atoms with Crippen LogP contribution >= 0.6 is 0 Å². The first kappa shape index (κ1) is 13.0. The molecule has 0 saturated carbocycles. The SMILES string of the molecule is CCOC1CCN(c2nc(NC)ncc2F)CC1. The van der Waals surface area contributed by atoms with Gasteiger partial charge in [-0.15, -0.1) is 0 Å². The maximum atomic E-state index is 13.7. The molecule has 2 rings (SSSR count). The van der Waals surface area contributed by atoms with E-state index in [1.54, 1.807) is 7.05 Å². The molecule has 0 bridgehead atoms. The zero-order chi connectivity index (χ0) is 13.0. The summed E-state index contributed by atoms with van der Waals surface area (Å²) in [6, 6.07) is 0. The molecule has 1 aliphatic heterocycles. The number of ether oxygens (including phenoxy) is 1. The van der Waals surface area contributed by atoms with E-state index in [0.717, 1.165) is 32.5 Å². The number of nitrogens with zero attached hydrogens (tertiary/aromatic N) is 3. The van der Waals surface area contributed by atoms with Crippen LogP contribution in [0.4, 0.5) is 16.2 Å². The minimum Gasteiger partial charge on any atom is -0.378 e. The van der Waals surface area contributed by atoms with E-state index in [9.17, 15) is 4.39 Å². The molecular weight excluding hydrogens is 235 g/mol. The minimum atomic E-state index is -0.371. The molecule has 18 heavy (non-hydrogen) atoms. The van der Waals surface area contributed by atoms with Gasteiger partial charge in [-0.25, -0.2) is 9.37 Å². The lowest BCUT2D eigenvalue weighted by atomic mass is 10.1. The number of nitrogens with one attached hydrogen (secondary N) is 1. The Kier molecular flexibility index (Phi) is 4.30. The molecule has 0 aromatic carbocycles. The first-order valence-electron chi connectivity index (χ1n) is 6.31. The first-order valence-corrected chi connectivity index (χ1v) is 6.31. The summed E-state index contributed by atoms with van der Waals surface area (Å²) in [7, 11) is 1.72. The molecule has 0 spiro atoms. The van der Waals surface area contributed by atoms with Crippen molar-refractivity contribution in [1.29, 1.82) is 0 Å². The Balaban J connectivity index is 2.04. The standard InChI is InChI=1S/C12H19FN4O/c1-3-18-9-4-6-17(7-5-9)11-10(13)8-15-12(14-2)16-11/h8-9H,3-7H2,1-2H3,(H,14,15,16). The molecule has 1 N–H and O–H groups in total. The highest BCUT2D eigenvalue weighted by Crippen LogP contribution is 2.22. The molecule has 5 nitrogen and oxygen atoms in total. The summed E-state index contributed by atoms with van der Waals surface area (Å²) in [4.78, 5) is 9.97. The van der Waals surface area contributed by atoms with E-state index >= 15 is 0 Å². The van der Waals surface area contributed by atoms with Crippen LogP contribution in [0.1, 0.15) is 19.8 Å². The van der Waals surface area contributed by atoms with Gasteiger partial charge in [-0.1, -0.05) is 0 Å². The summed E-state index contributed by atoms with van der Waals surface area (Å²) in [6.45, 7) is 4.26. The van der Waals surface area contributed by atoms with Crippen molar-refractivity contribution in [2.75, 3.05) is 37.0 Å². The van der Waals surface area contributed by atoms with Crippen molar-refractivity contribution in [2.45, 2.75) is 25.9 Å². The molecule has 0 atom stereocenters. The van der Waals surface area contributed by atoms with Crippen LogP contribution in [0.15, 0.2) is 6.20 Å². The smallest absolute Gasteiger partial charge is 0.224 e. The summed E-state index contributed by atoms with van der Waals surface area (Å²) in [6.07, 6.45) is 3.32.